The highest BCUT2D eigenvalue weighted by Crippen LogP contribution is 2.19. The van der Waals surface area contributed by atoms with Gasteiger partial charge in [0.25, 0.3) is 0 Å². The molecule has 0 saturated carbocycles. The first-order chi connectivity index (χ1) is 7.67. The van der Waals surface area contributed by atoms with Gasteiger partial charge in [-0.1, -0.05) is 13.8 Å². The van der Waals surface area contributed by atoms with Crippen molar-refractivity contribution in [2.45, 2.75) is 40.2 Å². The van der Waals surface area contributed by atoms with Crippen LogP contribution >= 0.6 is 0 Å². The van der Waals surface area contributed by atoms with Crippen molar-refractivity contribution in [3.05, 3.63) is 27.7 Å². The number of nitrogens with zero attached hydrogens (tertiary/aromatic N) is 2. The zero-order chi connectivity index (χ0) is 11.7. The smallest absolute Gasteiger partial charge is 0.249 e. The largest absolute Gasteiger partial charge is 0.307 e. The van der Waals surface area contributed by atoms with E-state index in [-0.39, 0.29) is 5.56 Å². The summed E-state index contributed by atoms with van der Waals surface area (Å²) in [4.78, 5) is 14.4. The van der Waals surface area contributed by atoms with Gasteiger partial charge in [0.15, 0.2) is 0 Å². The Labute approximate surface area is 94.3 Å². The molecule has 1 N–H and O–H groups in total. The summed E-state index contributed by atoms with van der Waals surface area (Å²) >= 11 is 0. The molecule has 0 fully saturated rings. The van der Waals surface area contributed by atoms with E-state index in [1.165, 1.54) is 0 Å². The van der Waals surface area contributed by atoms with Crippen LogP contribution in [0.4, 0.5) is 0 Å². The number of aryl methyl sites for hydroxylation is 3. The lowest BCUT2D eigenvalue weighted by Crippen LogP contribution is -2.09. The number of nitrogens with one attached hydrogen (secondary N) is 1. The van der Waals surface area contributed by atoms with E-state index in [0.717, 1.165) is 41.7 Å². The van der Waals surface area contributed by atoms with Gasteiger partial charge in [-0.05, 0) is 25.3 Å². The first kappa shape index (κ1) is 10.9. The van der Waals surface area contributed by atoms with Gasteiger partial charge in [-0.25, -0.2) is 4.68 Å². The molecule has 2 aromatic heterocycles. The average molecular weight is 219 g/mol. The summed E-state index contributed by atoms with van der Waals surface area (Å²) in [7, 11) is 0. The van der Waals surface area contributed by atoms with E-state index in [1.807, 2.05) is 11.6 Å². The number of pyridine rings is 1. The molecule has 0 spiro atoms. The van der Waals surface area contributed by atoms with E-state index in [0.29, 0.717) is 0 Å². The number of hydrogen-bond donors (Lipinski definition) is 1. The maximum atomic E-state index is 11.5. The maximum absolute atomic E-state index is 11.5. The summed E-state index contributed by atoms with van der Waals surface area (Å²) in [6, 6.07) is 1.67. The number of hydrogen-bond acceptors (Lipinski definition) is 2. The molecule has 0 unspecified atom stereocenters. The average Bonchev–Trinajstić information content (AvgIpc) is 2.55. The number of H-pyrrole nitrogens is 1. The summed E-state index contributed by atoms with van der Waals surface area (Å²) in [5.74, 6) is 0. The van der Waals surface area contributed by atoms with E-state index >= 15 is 0 Å². The molecule has 0 bridgehead atoms. The van der Waals surface area contributed by atoms with Gasteiger partial charge in [0.1, 0.15) is 5.65 Å². The van der Waals surface area contributed by atoms with Gasteiger partial charge in [-0.2, -0.15) is 5.10 Å². The fourth-order valence-corrected chi connectivity index (χ4v) is 2.13. The first-order valence-corrected chi connectivity index (χ1v) is 5.76. The molecule has 2 heterocycles. The highest BCUT2D eigenvalue weighted by molar-refractivity contribution is 5.81. The van der Waals surface area contributed by atoms with Crippen molar-refractivity contribution in [1.29, 1.82) is 0 Å². The Balaban J connectivity index is 2.79. The van der Waals surface area contributed by atoms with Crippen molar-refractivity contribution < 1.29 is 0 Å². The van der Waals surface area contributed by atoms with Gasteiger partial charge in [0.05, 0.1) is 5.69 Å². The lowest BCUT2D eigenvalue weighted by molar-refractivity contribution is 0.611. The van der Waals surface area contributed by atoms with Crippen molar-refractivity contribution in [1.82, 2.24) is 14.8 Å². The SMILES string of the molecule is CCCn1nc(C)c2c(CC)cc(=O)[nH]c21. The van der Waals surface area contributed by atoms with Crippen LogP contribution in [0.5, 0.6) is 0 Å². The standard InChI is InChI=1S/C12H17N3O/c1-4-6-15-12-11(8(3)14-15)9(5-2)7-10(16)13-12/h7H,4-6H2,1-3H3,(H,13,16). The molecule has 0 aliphatic carbocycles. The maximum Gasteiger partial charge on any atom is 0.249 e. The van der Waals surface area contributed by atoms with Crippen LogP contribution in [0.15, 0.2) is 10.9 Å². The van der Waals surface area contributed by atoms with Crippen LogP contribution in [0.1, 0.15) is 31.5 Å². The summed E-state index contributed by atoms with van der Waals surface area (Å²) < 4.78 is 1.89. The monoisotopic (exact) mass is 219 g/mol. The fourth-order valence-electron chi connectivity index (χ4n) is 2.13. The second-order valence-corrected chi connectivity index (χ2v) is 4.04. The van der Waals surface area contributed by atoms with Crippen LogP contribution in [0.25, 0.3) is 11.0 Å². The number of rotatable bonds is 3. The second kappa shape index (κ2) is 4.12. The van der Waals surface area contributed by atoms with Gasteiger partial charge in [0, 0.05) is 18.0 Å². The molecule has 0 amide bonds. The summed E-state index contributed by atoms with van der Waals surface area (Å²) in [5.41, 5.74) is 2.90. The number of aromatic nitrogens is 3. The predicted octanol–water partition coefficient (Wildman–Crippen LogP) is 2.01. The van der Waals surface area contributed by atoms with Gasteiger partial charge in [-0.15, -0.1) is 0 Å². The topological polar surface area (TPSA) is 50.7 Å². The predicted molar refractivity (Wildman–Crippen MR) is 64.8 cm³/mol. The van der Waals surface area contributed by atoms with Gasteiger partial charge in [-0.3, -0.25) is 4.79 Å². The van der Waals surface area contributed by atoms with Crippen molar-refractivity contribution in [3.8, 4) is 0 Å². The molecule has 4 nitrogen and oxygen atoms in total. The molecule has 0 radical (unpaired) electrons. The van der Waals surface area contributed by atoms with Crippen LogP contribution in [0.3, 0.4) is 0 Å². The molecule has 86 valence electrons. The van der Waals surface area contributed by atoms with E-state index in [9.17, 15) is 4.79 Å². The van der Waals surface area contributed by atoms with E-state index in [4.69, 9.17) is 0 Å². The molecule has 2 rings (SSSR count). The molecule has 16 heavy (non-hydrogen) atoms. The van der Waals surface area contributed by atoms with Gasteiger partial charge < -0.3 is 4.98 Å². The van der Waals surface area contributed by atoms with Crippen LogP contribution in [-0.2, 0) is 13.0 Å². The summed E-state index contributed by atoms with van der Waals surface area (Å²) in [6.07, 6.45) is 1.87. The van der Waals surface area contributed by atoms with E-state index < -0.39 is 0 Å². The Morgan fingerprint density at radius 1 is 1.44 bits per heavy atom. The molecule has 4 heteroatoms. The third kappa shape index (κ3) is 1.64. The second-order valence-electron chi connectivity index (χ2n) is 4.04. The summed E-state index contributed by atoms with van der Waals surface area (Å²) in [5, 5.41) is 5.58. The quantitative estimate of drug-likeness (QED) is 0.858. The fraction of sp³-hybridized carbons (Fsp3) is 0.500. The highest BCUT2D eigenvalue weighted by atomic mass is 16.1. The van der Waals surface area contributed by atoms with Crippen molar-refractivity contribution in [2.75, 3.05) is 0 Å². The zero-order valence-electron chi connectivity index (χ0n) is 10.0. The van der Waals surface area contributed by atoms with E-state index in [2.05, 4.69) is 23.9 Å². The Morgan fingerprint density at radius 2 is 2.19 bits per heavy atom. The first-order valence-electron chi connectivity index (χ1n) is 5.76. The molecular formula is C12H17N3O. The normalized spacial score (nSPS) is 11.2. The number of fused-ring (bicyclic) bond motifs is 1. The van der Waals surface area contributed by atoms with Crippen LogP contribution in [0.2, 0.25) is 0 Å². The van der Waals surface area contributed by atoms with Crippen LogP contribution in [0, 0.1) is 6.92 Å². The zero-order valence-corrected chi connectivity index (χ0v) is 10.0. The van der Waals surface area contributed by atoms with Crippen molar-refractivity contribution >= 4 is 11.0 Å². The molecule has 0 aliphatic heterocycles. The minimum Gasteiger partial charge on any atom is -0.307 e. The minimum absolute atomic E-state index is 0.0402. The molecule has 0 atom stereocenters. The Kier molecular flexibility index (Phi) is 2.81. The molecule has 2 aromatic rings. The molecule has 0 aliphatic rings. The highest BCUT2D eigenvalue weighted by Gasteiger charge is 2.11. The molecule has 0 aromatic carbocycles. The molecular weight excluding hydrogens is 202 g/mol. The minimum atomic E-state index is -0.0402. The number of aromatic amines is 1. The lowest BCUT2D eigenvalue weighted by Gasteiger charge is -2.02. The van der Waals surface area contributed by atoms with Gasteiger partial charge in [0.2, 0.25) is 5.56 Å². The Hall–Kier alpha value is -1.58. The van der Waals surface area contributed by atoms with Crippen molar-refractivity contribution in [3.63, 3.8) is 0 Å². The Bertz CT molecular complexity index is 565. The third-order valence-electron chi connectivity index (χ3n) is 2.81. The van der Waals surface area contributed by atoms with Gasteiger partial charge >= 0.3 is 0 Å². The van der Waals surface area contributed by atoms with E-state index in [1.54, 1.807) is 6.07 Å². The van der Waals surface area contributed by atoms with Crippen LogP contribution < -0.4 is 5.56 Å². The van der Waals surface area contributed by atoms with Crippen LogP contribution in [-0.4, -0.2) is 14.8 Å². The summed E-state index contributed by atoms with van der Waals surface area (Å²) in [6.45, 7) is 6.99. The lowest BCUT2D eigenvalue weighted by atomic mass is 10.1. The van der Waals surface area contributed by atoms with Crippen molar-refractivity contribution in [2.24, 2.45) is 0 Å². The third-order valence-corrected chi connectivity index (χ3v) is 2.81. The Morgan fingerprint density at radius 3 is 2.81 bits per heavy atom. The molecule has 0 saturated heterocycles.